The Hall–Kier alpha value is -1.82. The van der Waals surface area contributed by atoms with Crippen LogP contribution in [0.2, 0.25) is 0 Å². The van der Waals surface area contributed by atoms with Crippen molar-refractivity contribution in [2.45, 2.75) is 26.3 Å². The van der Waals surface area contributed by atoms with Crippen molar-refractivity contribution in [2.75, 3.05) is 19.1 Å². The quantitative estimate of drug-likeness (QED) is 0.448. The molecule has 0 N–H and O–H groups in total. The molecule has 0 aromatic heterocycles. The molecular formula is C21H23IN2O. The Morgan fingerprint density at radius 1 is 1.16 bits per heavy atom. The van der Waals surface area contributed by atoms with Crippen LogP contribution < -0.4 is 9.64 Å². The van der Waals surface area contributed by atoms with E-state index >= 15 is 0 Å². The van der Waals surface area contributed by atoms with Gasteiger partial charge in [-0.15, -0.1) is 0 Å². The second-order valence-corrected chi connectivity index (χ2v) is 8.13. The Morgan fingerprint density at radius 2 is 1.84 bits per heavy atom. The maximum Gasteiger partial charge on any atom is 0.129 e. The third-order valence-corrected chi connectivity index (χ3v) is 5.47. The van der Waals surface area contributed by atoms with E-state index in [4.69, 9.17) is 4.74 Å². The summed E-state index contributed by atoms with van der Waals surface area (Å²) in [5, 5.41) is 0. The Bertz CT molecular complexity index is 851. The average Bonchev–Trinajstić information content (AvgIpc) is 2.58. The summed E-state index contributed by atoms with van der Waals surface area (Å²) in [6.45, 7) is 6.61. The van der Waals surface area contributed by atoms with Gasteiger partial charge in [-0.1, -0.05) is 6.08 Å². The number of hydrogen-bond acceptors (Lipinski definition) is 3. The van der Waals surface area contributed by atoms with E-state index in [2.05, 4.69) is 90.6 Å². The van der Waals surface area contributed by atoms with E-state index in [1.807, 2.05) is 18.3 Å². The van der Waals surface area contributed by atoms with Gasteiger partial charge in [0, 0.05) is 39.7 Å². The highest BCUT2D eigenvalue weighted by Gasteiger charge is 2.29. The standard InChI is InChI=1S/C21H23IN2O/c1-14-12-21(2,3)24(4)19-11-20(25-5)15(10-18(14)19)13-23-17-8-6-16(22)7-9-17/h6-13H,1-5H3. The lowest BCUT2D eigenvalue weighted by Gasteiger charge is -2.40. The predicted molar refractivity (Wildman–Crippen MR) is 116 cm³/mol. The lowest BCUT2D eigenvalue weighted by Crippen LogP contribution is -2.42. The van der Waals surface area contributed by atoms with Gasteiger partial charge in [-0.05, 0) is 79.3 Å². The summed E-state index contributed by atoms with van der Waals surface area (Å²) in [7, 11) is 3.83. The molecule has 0 unspecified atom stereocenters. The van der Waals surface area contributed by atoms with E-state index in [0.717, 1.165) is 17.0 Å². The first-order chi connectivity index (χ1) is 11.8. The van der Waals surface area contributed by atoms with E-state index in [1.165, 1.54) is 20.4 Å². The van der Waals surface area contributed by atoms with Gasteiger partial charge in [0.25, 0.3) is 0 Å². The lowest BCUT2D eigenvalue weighted by atomic mass is 9.88. The maximum atomic E-state index is 5.63. The Labute approximate surface area is 163 Å². The van der Waals surface area contributed by atoms with Crippen molar-refractivity contribution in [1.29, 1.82) is 0 Å². The highest BCUT2D eigenvalue weighted by Crippen LogP contribution is 2.40. The molecule has 0 saturated carbocycles. The zero-order valence-electron chi connectivity index (χ0n) is 15.3. The summed E-state index contributed by atoms with van der Waals surface area (Å²) in [4.78, 5) is 6.90. The van der Waals surface area contributed by atoms with Crippen molar-refractivity contribution >= 4 is 45.8 Å². The van der Waals surface area contributed by atoms with Crippen molar-refractivity contribution in [3.8, 4) is 5.75 Å². The minimum absolute atomic E-state index is 0.0150. The third kappa shape index (κ3) is 3.59. The number of aliphatic imine (C=N–C) groups is 1. The van der Waals surface area contributed by atoms with Gasteiger partial charge in [0.1, 0.15) is 5.75 Å². The first-order valence-electron chi connectivity index (χ1n) is 8.27. The number of hydrogen-bond donors (Lipinski definition) is 0. The summed E-state index contributed by atoms with van der Waals surface area (Å²) >= 11 is 2.30. The molecule has 0 bridgehead atoms. The van der Waals surface area contributed by atoms with Crippen molar-refractivity contribution < 1.29 is 4.74 Å². The topological polar surface area (TPSA) is 24.8 Å². The SMILES string of the molecule is COc1cc2c(cc1C=Nc1ccc(I)cc1)C(C)=CC(C)(C)N2C. The van der Waals surface area contributed by atoms with Crippen LogP contribution in [0.5, 0.6) is 5.75 Å². The van der Waals surface area contributed by atoms with Crippen LogP contribution in [0.3, 0.4) is 0 Å². The zero-order chi connectivity index (χ0) is 18.2. The molecule has 0 saturated heterocycles. The number of anilines is 1. The number of likely N-dealkylation sites (N-methyl/N-ethyl adjacent to an activating group) is 1. The molecular weight excluding hydrogens is 423 g/mol. The van der Waals surface area contributed by atoms with Crippen LogP contribution in [0.4, 0.5) is 11.4 Å². The second kappa shape index (κ2) is 6.83. The number of fused-ring (bicyclic) bond motifs is 1. The lowest BCUT2D eigenvalue weighted by molar-refractivity contribution is 0.414. The highest BCUT2D eigenvalue weighted by atomic mass is 127. The summed E-state index contributed by atoms with van der Waals surface area (Å²) in [5.41, 5.74) is 5.61. The number of allylic oxidation sites excluding steroid dienone is 1. The smallest absolute Gasteiger partial charge is 0.129 e. The molecule has 0 spiro atoms. The van der Waals surface area contributed by atoms with Crippen LogP contribution >= 0.6 is 22.6 Å². The first-order valence-corrected chi connectivity index (χ1v) is 9.35. The molecule has 3 rings (SSSR count). The molecule has 1 aliphatic heterocycles. The highest BCUT2D eigenvalue weighted by molar-refractivity contribution is 14.1. The van der Waals surface area contributed by atoms with E-state index in [-0.39, 0.29) is 5.54 Å². The van der Waals surface area contributed by atoms with Gasteiger partial charge in [-0.3, -0.25) is 4.99 Å². The van der Waals surface area contributed by atoms with Crippen LogP contribution in [0.1, 0.15) is 31.9 Å². The van der Waals surface area contributed by atoms with E-state index in [9.17, 15) is 0 Å². The van der Waals surface area contributed by atoms with Crippen molar-refractivity contribution in [1.82, 2.24) is 0 Å². The Balaban J connectivity index is 2.04. The first kappa shape index (κ1) is 18.0. The number of halogens is 1. The molecule has 2 aromatic carbocycles. The minimum Gasteiger partial charge on any atom is -0.496 e. The van der Waals surface area contributed by atoms with Crippen LogP contribution in [0.25, 0.3) is 5.57 Å². The minimum atomic E-state index is -0.0150. The van der Waals surface area contributed by atoms with E-state index < -0.39 is 0 Å². The molecule has 0 fully saturated rings. The molecule has 2 aromatic rings. The van der Waals surface area contributed by atoms with Crippen molar-refractivity contribution in [3.05, 3.63) is 57.2 Å². The zero-order valence-corrected chi connectivity index (χ0v) is 17.5. The monoisotopic (exact) mass is 446 g/mol. The Kier molecular flexibility index (Phi) is 4.91. The summed E-state index contributed by atoms with van der Waals surface area (Å²) in [5.74, 6) is 0.838. The molecule has 130 valence electrons. The predicted octanol–water partition coefficient (Wildman–Crippen LogP) is 5.68. The fraction of sp³-hybridized carbons (Fsp3) is 0.286. The van der Waals surface area contributed by atoms with E-state index in [1.54, 1.807) is 7.11 Å². The fourth-order valence-corrected chi connectivity index (χ4v) is 3.50. The molecule has 0 radical (unpaired) electrons. The van der Waals surface area contributed by atoms with Crippen LogP contribution in [-0.4, -0.2) is 25.9 Å². The van der Waals surface area contributed by atoms with Crippen LogP contribution in [0.15, 0.2) is 47.5 Å². The molecule has 3 nitrogen and oxygen atoms in total. The van der Waals surface area contributed by atoms with Crippen molar-refractivity contribution in [3.63, 3.8) is 0 Å². The summed E-state index contributed by atoms with van der Waals surface area (Å²) in [6.07, 6.45) is 4.19. The van der Waals surface area contributed by atoms with Gasteiger partial charge in [-0.25, -0.2) is 0 Å². The third-order valence-electron chi connectivity index (χ3n) is 4.75. The molecule has 0 amide bonds. The summed E-state index contributed by atoms with van der Waals surface area (Å²) < 4.78 is 6.84. The second-order valence-electron chi connectivity index (χ2n) is 6.89. The van der Waals surface area contributed by atoms with Gasteiger partial charge in [0.15, 0.2) is 0 Å². The van der Waals surface area contributed by atoms with Crippen LogP contribution in [0, 0.1) is 3.57 Å². The molecule has 0 aliphatic carbocycles. The van der Waals surface area contributed by atoms with Gasteiger partial charge in [-0.2, -0.15) is 0 Å². The van der Waals surface area contributed by atoms with Crippen LogP contribution in [-0.2, 0) is 0 Å². The maximum absolute atomic E-state index is 5.63. The normalized spacial score (nSPS) is 15.9. The van der Waals surface area contributed by atoms with Crippen molar-refractivity contribution in [2.24, 2.45) is 4.99 Å². The molecule has 4 heteroatoms. The fourth-order valence-electron chi connectivity index (χ4n) is 3.14. The largest absolute Gasteiger partial charge is 0.496 e. The van der Waals surface area contributed by atoms with Gasteiger partial charge >= 0.3 is 0 Å². The number of ether oxygens (including phenoxy) is 1. The molecule has 1 aliphatic rings. The molecule has 1 heterocycles. The molecule has 0 atom stereocenters. The van der Waals surface area contributed by atoms with E-state index in [0.29, 0.717) is 0 Å². The van der Waals surface area contributed by atoms with Gasteiger partial charge in [0.2, 0.25) is 0 Å². The Morgan fingerprint density at radius 3 is 2.48 bits per heavy atom. The van der Waals surface area contributed by atoms with Gasteiger partial charge < -0.3 is 9.64 Å². The average molecular weight is 446 g/mol. The number of rotatable bonds is 3. The molecule has 25 heavy (non-hydrogen) atoms. The summed E-state index contributed by atoms with van der Waals surface area (Å²) in [6, 6.07) is 12.4. The number of benzene rings is 2. The number of methoxy groups -OCH3 is 1. The van der Waals surface area contributed by atoms with Gasteiger partial charge in [0.05, 0.1) is 18.3 Å². The number of nitrogens with zero attached hydrogens (tertiary/aromatic N) is 2.